The first-order valence-corrected chi connectivity index (χ1v) is 9.96. The summed E-state index contributed by atoms with van der Waals surface area (Å²) in [6.45, 7) is 1.47. The Kier molecular flexibility index (Phi) is 7.21. The average molecular weight is 420 g/mol. The van der Waals surface area contributed by atoms with Crippen LogP contribution < -0.4 is 10.0 Å². The summed E-state index contributed by atoms with van der Waals surface area (Å²) in [6.07, 6.45) is 0.451. The summed E-state index contributed by atoms with van der Waals surface area (Å²) in [5.74, 6) is -1.44. The third-order valence-electron chi connectivity index (χ3n) is 4.00. The van der Waals surface area contributed by atoms with Gasteiger partial charge in [0.2, 0.25) is 0 Å². The second-order valence-corrected chi connectivity index (χ2v) is 7.11. The highest BCUT2D eigenvalue weighted by molar-refractivity contribution is 7.79. The van der Waals surface area contributed by atoms with Crippen LogP contribution in [0, 0.1) is 5.92 Å². The maximum absolute atomic E-state index is 12.9. The Bertz CT molecular complexity index is 913. The topological polar surface area (TPSA) is 132 Å². The third kappa shape index (κ3) is 6.21. The Labute approximate surface area is 168 Å². The molecule has 10 heteroatoms. The number of Topliss-reactive ketones (excluding diaryl/α,β-unsaturated/α-hetero) is 1. The van der Waals surface area contributed by atoms with Gasteiger partial charge in [-0.15, -0.1) is 0 Å². The summed E-state index contributed by atoms with van der Waals surface area (Å²) in [5, 5.41) is 2.81. The van der Waals surface area contributed by atoms with Gasteiger partial charge in [0.1, 0.15) is 11.7 Å². The second kappa shape index (κ2) is 9.41. The summed E-state index contributed by atoms with van der Waals surface area (Å²) in [5.41, 5.74) is 1.26. The molecule has 0 aliphatic carbocycles. The van der Waals surface area contributed by atoms with Crippen LogP contribution in [-0.4, -0.2) is 35.1 Å². The number of carbonyl (C=O) groups is 3. The third-order valence-corrected chi connectivity index (χ3v) is 4.00. The number of para-hydroxylation sites is 2. The first-order valence-electron chi connectivity index (χ1n) is 8.57. The molecule has 0 atom stereocenters. The molecule has 0 aromatic heterocycles. The lowest BCUT2D eigenvalue weighted by Gasteiger charge is -2.27. The van der Waals surface area contributed by atoms with E-state index in [0.717, 1.165) is 0 Å². The molecule has 1 saturated heterocycles. The van der Waals surface area contributed by atoms with Crippen LogP contribution in [0.1, 0.15) is 19.8 Å². The predicted molar refractivity (Wildman–Crippen MR) is 105 cm³/mol. The van der Waals surface area contributed by atoms with Gasteiger partial charge in [0.15, 0.2) is 0 Å². The molecule has 1 aliphatic heterocycles. The van der Waals surface area contributed by atoms with Gasteiger partial charge < -0.3 is 4.79 Å². The quantitative estimate of drug-likeness (QED) is 0.560. The zero-order valence-corrected chi connectivity index (χ0v) is 16.3. The van der Waals surface area contributed by atoms with Crippen LogP contribution >= 0.6 is 0 Å². The Morgan fingerprint density at radius 2 is 1.21 bits per heavy atom. The van der Waals surface area contributed by atoms with Gasteiger partial charge in [-0.3, -0.25) is 18.7 Å². The van der Waals surface area contributed by atoms with E-state index < -0.39 is 16.3 Å². The summed E-state index contributed by atoms with van der Waals surface area (Å²) < 4.78 is 31.6. The smallest absolute Gasteiger partial charge is 0.300 e. The molecule has 1 heterocycles. The van der Waals surface area contributed by atoms with Crippen LogP contribution in [0.4, 0.5) is 11.4 Å². The maximum atomic E-state index is 12.9. The first kappa shape index (κ1) is 22.2. The van der Waals surface area contributed by atoms with Gasteiger partial charge in [-0.2, -0.15) is 8.42 Å². The van der Waals surface area contributed by atoms with E-state index in [9.17, 15) is 14.4 Å². The van der Waals surface area contributed by atoms with Crippen molar-refractivity contribution in [1.29, 1.82) is 0 Å². The van der Waals surface area contributed by atoms with Crippen LogP contribution in [0.15, 0.2) is 60.7 Å². The molecule has 1 aliphatic rings. The summed E-state index contributed by atoms with van der Waals surface area (Å²) in [4.78, 5) is 37.0. The monoisotopic (exact) mass is 420 g/mol. The van der Waals surface area contributed by atoms with E-state index in [1.54, 1.807) is 24.3 Å². The average Bonchev–Trinajstić information content (AvgIpc) is 2.90. The fourth-order valence-corrected chi connectivity index (χ4v) is 2.82. The number of benzene rings is 2. The Morgan fingerprint density at radius 3 is 1.52 bits per heavy atom. The highest BCUT2D eigenvalue weighted by atomic mass is 32.3. The van der Waals surface area contributed by atoms with Crippen LogP contribution in [0.3, 0.4) is 0 Å². The van der Waals surface area contributed by atoms with Crippen molar-refractivity contribution >= 4 is 39.4 Å². The molecule has 2 amide bonds. The van der Waals surface area contributed by atoms with E-state index in [1.165, 1.54) is 16.9 Å². The highest BCUT2D eigenvalue weighted by Crippen LogP contribution is 2.33. The zero-order valence-electron chi connectivity index (χ0n) is 15.5. The number of hydrazine groups is 1. The molecule has 0 spiro atoms. The molecule has 1 fully saturated rings. The van der Waals surface area contributed by atoms with Crippen LogP contribution in [0.5, 0.6) is 0 Å². The highest BCUT2D eigenvalue weighted by Gasteiger charge is 2.46. The number of carbonyl (C=O) groups excluding carboxylic acids is 3. The largest absolute Gasteiger partial charge is 0.394 e. The molecule has 3 rings (SSSR count). The molecular formula is C19H20N2O7S. The molecule has 2 aromatic carbocycles. The Hall–Kier alpha value is -3.08. The first-order chi connectivity index (χ1) is 13.6. The van der Waals surface area contributed by atoms with Crippen LogP contribution in [-0.2, 0) is 24.8 Å². The lowest BCUT2D eigenvalue weighted by atomic mass is 10.0. The van der Waals surface area contributed by atoms with E-state index in [-0.39, 0.29) is 30.4 Å². The molecule has 29 heavy (non-hydrogen) atoms. The summed E-state index contributed by atoms with van der Waals surface area (Å²) in [7, 11) is -4.67. The van der Waals surface area contributed by atoms with Gasteiger partial charge in [-0.25, -0.2) is 10.0 Å². The molecule has 2 N–H and O–H groups in total. The van der Waals surface area contributed by atoms with Crippen molar-refractivity contribution in [2.75, 3.05) is 10.0 Å². The number of hydrogen-bond donors (Lipinski definition) is 2. The van der Waals surface area contributed by atoms with Gasteiger partial charge in [0, 0.05) is 6.42 Å². The van der Waals surface area contributed by atoms with Crippen molar-refractivity contribution in [2.24, 2.45) is 5.92 Å². The minimum absolute atomic E-state index is 0.0278. The van der Waals surface area contributed by atoms with Crippen LogP contribution in [0.2, 0.25) is 0 Å². The van der Waals surface area contributed by atoms with E-state index in [4.69, 9.17) is 17.5 Å². The number of rotatable bonds is 5. The minimum Gasteiger partial charge on any atom is -0.300 e. The molecule has 0 bridgehead atoms. The molecule has 9 nitrogen and oxygen atoms in total. The molecular weight excluding hydrogens is 400 g/mol. The lowest BCUT2D eigenvalue weighted by Crippen LogP contribution is -2.41. The number of amides is 2. The minimum atomic E-state index is -4.67. The molecule has 2 aromatic rings. The van der Waals surface area contributed by atoms with Gasteiger partial charge in [-0.1, -0.05) is 36.4 Å². The van der Waals surface area contributed by atoms with Crippen molar-refractivity contribution in [3.05, 3.63) is 60.7 Å². The van der Waals surface area contributed by atoms with E-state index in [0.29, 0.717) is 11.4 Å². The number of ketones is 1. The summed E-state index contributed by atoms with van der Waals surface area (Å²) >= 11 is 0. The second-order valence-electron chi connectivity index (χ2n) is 6.21. The van der Waals surface area contributed by atoms with Crippen molar-refractivity contribution in [1.82, 2.24) is 0 Å². The molecule has 0 radical (unpaired) electrons. The molecule has 0 saturated carbocycles. The van der Waals surface area contributed by atoms with E-state index in [2.05, 4.69) is 0 Å². The van der Waals surface area contributed by atoms with Crippen molar-refractivity contribution in [3.8, 4) is 0 Å². The zero-order chi connectivity index (χ0) is 21.6. The Balaban J connectivity index is 0.000000537. The lowest BCUT2D eigenvalue weighted by molar-refractivity contribution is -0.127. The standard InChI is InChI=1S/C19H18N2O3.H2O4S/c1-14(22)12-13-17-18(23)20(15-8-4-2-5-9-15)21(19(17)24)16-10-6-3-7-11-16;1-5(2,3)4/h2-11,17H,12-13H2,1H3;(H2,1,2,3,4). The molecule has 154 valence electrons. The number of hydrogen-bond acceptors (Lipinski definition) is 5. The number of nitrogens with zero attached hydrogens (tertiary/aromatic N) is 2. The summed E-state index contributed by atoms with van der Waals surface area (Å²) in [6, 6.07) is 18.1. The van der Waals surface area contributed by atoms with Gasteiger partial charge in [-0.05, 0) is 37.6 Å². The van der Waals surface area contributed by atoms with Crippen molar-refractivity contribution < 1.29 is 31.9 Å². The van der Waals surface area contributed by atoms with E-state index >= 15 is 0 Å². The van der Waals surface area contributed by atoms with E-state index in [1.807, 2.05) is 36.4 Å². The van der Waals surface area contributed by atoms with Gasteiger partial charge in [0.05, 0.1) is 11.4 Å². The van der Waals surface area contributed by atoms with Crippen LogP contribution in [0.25, 0.3) is 0 Å². The molecule has 0 unspecified atom stereocenters. The number of anilines is 2. The van der Waals surface area contributed by atoms with Crippen molar-refractivity contribution in [3.63, 3.8) is 0 Å². The van der Waals surface area contributed by atoms with Gasteiger partial charge in [0.25, 0.3) is 11.8 Å². The van der Waals surface area contributed by atoms with Crippen molar-refractivity contribution in [2.45, 2.75) is 19.8 Å². The SMILES string of the molecule is CC(=O)CCC1C(=O)N(c2ccccc2)N(c2ccccc2)C1=O.O=S(=O)(O)O. The fraction of sp³-hybridized carbons (Fsp3) is 0.211. The normalized spacial score (nSPS) is 14.6. The Morgan fingerprint density at radius 1 is 0.862 bits per heavy atom. The maximum Gasteiger partial charge on any atom is 0.394 e. The predicted octanol–water partition coefficient (Wildman–Crippen LogP) is 2.31. The fourth-order valence-electron chi connectivity index (χ4n) is 2.82. The van der Waals surface area contributed by atoms with Gasteiger partial charge >= 0.3 is 10.4 Å².